The Labute approximate surface area is 145 Å². The number of sulfone groups is 1. The molecule has 0 radical (unpaired) electrons. The molecule has 1 amide bonds. The number of benzene rings is 1. The molecule has 1 fully saturated rings. The molecule has 1 atom stereocenters. The minimum absolute atomic E-state index is 0.00535. The summed E-state index contributed by atoms with van der Waals surface area (Å²) in [5.74, 6) is 0.902. The minimum Gasteiger partial charge on any atom is -0.486 e. The smallest absolute Gasteiger partial charge is 0.251 e. The Bertz CT molecular complexity index is 864. The number of carbonyl (C=O) groups is 1. The van der Waals surface area contributed by atoms with Gasteiger partial charge in [-0.1, -0.05) is 6.07 Å². The minimum atomic E-state index is -3.03. The summed E-state index contributed by atoms with van der Waals surface area (Å²) in [6.45, 7) is 2.75. The highest BCUT2D eigenvalue weighted by Crippen LogP contribution is 2.16. The molecule has 0 aliphatic carbocycles. The lowest BCUT2D eigenvalue weighted by molar-refractivity contribution is 0.0940. The molecule has 3 rings (SSSR count). The zero-order valence-corrected chi connectivity index (χ0v) is 14.6. The number of carbonyl (C=O) groups excluding carboxylic acids is 1. The maximum absolute atomic E-state index is 12.3. The average molecular weight is 365 g/mol. The molecule has 1 aliphatic rings. The quantitative estimate of drug-likeness (QED) is 0.776. The normalized spacial score (nSPS) is 18.8. The monoisotopic (exact) mass is 365 g/mol. The molecule has 1 aromatic carbocycles. The third kappa shape index (κ3) is 4.32. The topological polar surface area (TPSA) is 116 Å². The fourth-order valence-corrected chi connectivity index (χ4v) is 4.30. The van der Waals surface area contributed by atoms with Crippen LogP contribution in [-0.2, 0) is 23.0 Å². The molecular weight excluding hydrogens is 346 g/mol. The summed E-state index contributed by atoms with van der Waals surface area (Å²) >= 11 is 0. The van der Waals surface area contributed by atoms with Crippen molar-refractivity contribution in [3.63, 3.8) is 0 Å². The van der Waals surface area contributed by atoms with Crippen LogP contribution in [0.25, 0.3) is 0 Å². The Morgan fingerprint density at radius 1 is 1.44 bits per heavy atom. The lowest BCUT2D eigenvalue weighted by Gasteiger charge is -2.12. The first-order valence-corrected chi connectivity index (χ1v) is 9.78. The van der Waals surface area contributed by atoms with Gasteiger partial charge in [-0.05, 0) is 42.0 Å². The van der Waals surface area contributed by atoms with Crippen LogP contribution < -0.4 is 10.1 Å². The van der Waals surface area contributed by atoms with Gasteiger partial charge in [0.25, 0.3) is 5.91 Å². The number of amides is 1. The number of nitrogens with zero attached hydrogens (tertiary/aromatic N) is 4. The van der Waals surface area contributed by atoms with Crippen molar-refractivity contribution >= 4 is 15.7 Å². The summed E-state index contributed by atoms with van der Waals surface area (Å²) in [5.41, 5.74) is 0.414. The fraction of sp³-hybridized carbons (Fsp3) is 0.467. The SMILES string of the molecule is CCn1nnnc1COc1cccc(C(=O)NC2CCS(=O)(=O)C2)c1. The Morgan fingerprint density at radius 3 is 3.00 bits per heavy atom. The third-order valence-corrected chi connectivity index (χ3v) is 5.71. The second-order valence-corrected chi connectivity index (χ2v) is 8.03. The van der Waals surface area contributed by atoms with E-state index in [0.29, 0.717) is 30.1 Å². The molecule has 1 aliphatic heterocycles. The molecule has 1 unspecified atom stereocenters. The van der Waals surface area contributed by atoms with Crippen LogP contribution in [0, 0.1) is 0 Å². The zero-order valence-electron chi connectivity index (χ0n) is 13.8. The van der Waals surface area contributed by atoms with Crippen LogP contribution in [0.15, 0.2) is 24.3 Å². The molecule has 1 N–H and O–H groups in total. The molecule has 1 saturated heterocycles. The summed E-state index contributed by atoms with van der Waals surface area (Å²) in [5, 5.41) is 14.1. The predicted octanol–water partition coefficient (Wildman–Crippen LogP) is 0.189. The van der Waals surface area contributed by atoms with E-state index >= 15 is 0 Å². The van der Waals surface area contributed by atoms with Gasteiger partial charge in [0.15, 0.2) is 15.7 Å². The molecule has 2 heterocycles. The van der Waals surface area contributed by atoms with Crippen LogP contribution in [0.5, 0.6) is 5.75 Å². The maximum atomic E-state index is 12.3. The van der Waals surface area contributed by atoms with Crippen LogP contribution >= 0.6 is 0 Å². The van der Waals surface area contributed by atoms with Crippen molar-refractivity contribution in [2.45, 2.75) is 32.5 Å². The predicted molar refractivity (Wildman–Crippen MR) is 88.8 cm³/mol. The van der Waals surface area contributed by atoms with Gasteiger partial charge >= 0.3 is 0 Å². The first-order chi connectivity index (χ1) is 12.0. The summed E-state index contributed by atoms with van der Waals surface area (Å²) in [4.78, 5) is 12.3. The van der Waals surface area contributed by atoms with Crippen LogP contribution in [0.2, 0.25) is 0 Å². The molecule has 1 aromatic heterocycles. The van der Waals surface area contributed by atoms with Crippen LogP contribution in [0.3, 0.4) is 0 Å². The number of hydrogen-bond donors (Lipinski definition) is 1. The Balaban J connectivity index is 1.62. The van der Waals surface area contributed by atoms with Crippen molar-refractivity contribution in [3.8, 4) is 5.75 Å². The lowest BCUT2D eigenvalue weighted by Crippen LogP contribution is -2.35. The van der Waals surface area contributed by atoms with Gasteiger partial charge in [0.05, 0.1) is 11.5 Å². The Kier molecular flexibility index (Phi) is 4.98. The largest absolute Gasteiger partial charge is 0.486 e. The van der Waals surface area contributed by atoms with E-state index in [1.54, 1.807) is 28.9 Å². The van der Waals surface area contributed by atoms with E-state index in [-0.39, 0.29) is 30.1 Å². The molecule has 134 valence electrons. The van der Waals surface area contributed by atoms with Gasteiger partial charge in [0, 0.05) is 18.2 Å². The van der Waals surface area contributed by atoms with Gasteiger partial charge in [-0.15, -0.1) is 5.10 Å². The summed E-state index contributed by atoms with van der Waals surface area (Å²) < 4.78 is 30.2. The van der Waals surface area contributed by atoms with Crippen LogP contribution in [0.4, 0.5) is 0 Å². The highest BCUT2D eigenvalue weighted by atomic mass is 32.2. The molecule has 2 aromatic rings. The van der Waals surface area contributed by atoms with Crippen molar-refractivity contribution in [1.29, 1.82) is 0 Å². The van der Waals surface area contributed by atoms with Gasteiger partial charge in [-0.2, -0.15) is 0 Å². The van der Waals surface area contributed by atoms with Gasteiger partial charge in [0.1, 0.15) is 12.4 Å². The van der Waals surface area contributed by atoms with Crippen LogP contribution in [-0.4, -0.2) is 52.1 Å². The number of hydrogen-bond acceptors (Lipinski definition) is 7. The lowest BCUT2D eigenvalue weighted by atomic mass is 10.2. The Hall–Kier alpha value is -2.49. The Morgan fingerprint density at radius 2 is 2.28 bits per heavy atom. The average Bonchev–Trinajstić information content (AvgIpc) is 3.18. The summed E-state index contributed by atoms with van der Waals surface area (Å²) in [6.07, 6.45) is 0.448. The van der Waals surface area contributed by atoms with Crippen molar-refractivity contribution < 1.29 is 17.9 Å². The summed E-state index contributed by atoms with van der Waals surface area (Å²) in [6, 6.07) is 6.37. The van der Waals surface area contributed by atoms with Crippen molar-refractivity contribution in [2.24, 2.45) is 0 Å². The van der Waals surface area contributed by atoms with Crippen LogP contribution in [0.1, 0.15) is 29.5 Å². The van der Waals surface area contributed by atoms with Gasteiger partial charge < -0.3 is 10.1 Å². The van der Waals surface area contributed by atoms with Crippen molar-refractivity contribution in [1.82, 2.24) is 25.5 Å². The fourth-order valence-electron chi connectivity index (χ4n) is 2.62. The second-order valence-electron chi connectivity index (χ2n) is 5.80. The zero-order chi connectivity index (χ0) is 17.9. The van der Waals surface area contributed by atoms with Gasteiger partial charge in [-0.3, -0.25) is 4.79 Å². The number of nitrogens with one attached hydrogen (secondary N) is 1. The van der Waals surface area contributed by atoms with E-state index in [2.05, 4.69) is 20.8 Å². The summed E-state index contributed by atoms with van der Waals surface area (Å²) in [7, 11) is -3.03. The van der Waals surface area contributed by atoms with Crippen molar-refractivity contribution in [3.05, 3.63) is 35.7 Å². The molecular formula is C15H19N5O4S. The first-order valence-electron chi connectivity index (χ1n) is 7.96. The standard InChI is InChI=1S/C15H19N5O4S/c1-2-20-14(17-18-19-20)9-24-13-5-3-4-11(8-13)15(21)16-12-6-7-25(22,23)10-12/h3-5,8,12H,2,6-7,9-10H2,1H3,(H,16,21). The third-order valence-electron chi connectivity index (χ3n) is 3.94. The van der Waals surface area contributed by atoms with Gasteiger partial charge in [0.2, 0.25) is 0 Å². The number of rotatable bonds is 6. The number of ether oxygens (including phenoxy) is 1. The highest BCUT2D eigenvalue weighted by Gasteiger charge is 2.29. The van der Waals surface area contributed by atoms with Gasteiger partial charge in [-0.25, -0.2) is 13.1 Å². The van der Waals surface area contributed by atoms with E-state index in [9.17, 15) is 13.2 Å². The van der Waals surface area contributed by atoms with E-state index in [1.807, 2.05) is 6.92 Å². The number of tetrazole rings is 1. The van der Waals surface area contributed by atoms with E-state index in [0.717, 1.165) is 0 Å². The number of aromatic nitrogens is 4. The molecule has 0 bridgehead atoms. The van der Waals surface area contributed by atoms with Crippen molar-refractivity contribution in [2.75, 3.05) is 11.5 Å². The maximum Gasteiger partial charge on any atom is 0.251 e. The van der Waals surface area contributed by atoms with E-state index < -0.39 is 9.84 Å². The van der Waals surface area contributed by atoms with E-state index in [4.69, 9.17) is 4.74 Å². The van der Waals surface area contributed by atoms with E-state index in [1.165, 1.54) is 0 Å². The first kappa shape index (κ1) is 17.3. The molecule has 10 heteroatoms. The molecule has 9 nitrogen and oxygen atoms in total. The highest BCUT2D eigenvalue weighted by molar-refractivity contribution is 7.91. The molecule has 0 spiro atoms. The molecule has 0 saturated carbocycles. The second kappa shape index (κ2) is 7.18. The molecule has 25 heavy (non-hydrogen) atoms. The number of aryl methyl sites for hydroxylation is 1.